The van der Waals surface area contributed by atoms with Crippen LogP contribution in [0.4, 0.5) is 5.13 Å². The molecule has 0 fully saturated rings. The maximum absolute atomic E-state index is 12.2. The minimum absolute atomic E-state index is 0.249. The average molecular weight is 339 g/mol. The van der Waals surface area contributed by atoms with E-state index in [9.17, 15) is 4.79 Å². The molecule has 0 bridgehead atoms. The van der Waals surface area contributed by atoms with E-state index in [1.54, 1.807) is 6.92 Å². The fraction of sp³-hybridized carbons (Fsp3) is 0.167. The smallest absolute Gasteiger partial charge is 0.266 e. The van der Waals surface area contributed by atoms with Crippen molar-refractivity contribution in [1.29, 1.82) is 0 Å². The molecule has 122 valence electrons. The molecule has 0 saturated carbocycles. The third kappa shape index (κ3) is 4.39. The standard InChI is InChI=1S/C18H17N3O2S/c1-13(23-15-10-6-3-7-11-15)17(22)19-18-21-20-16(24-18)12-14-8-4-2-5-9-14/h2-11,13H,12H2,1H3,(H,19,21,22)/t13-/m1/s1. The monoisotopic (exact) mass is 339 g/mol. The van der Waals surface area contributed by atoms with Crippen molar-refractivity contribution in [3.05, 3.63) is 71.2 Å². The number of anilines is 1. The van der Waals surface area contributed by atoms with Crippen molar-refractivity contribution in [2.45, 2.75) is 19.4 Å². The lowest BCUT2D eigenvalue weighted by Crippen LogP contribution is -2.30. The van der Waals surface area contributed by atoms with Crippen LogP contribution in [0.5, 0.6) is 5.75 Å². The molecule has 1 N–H and O–H groups in total. The highest BCUT2D eigenvalue weighted by Crippen LogP contribution is 2.19. The minimum Gasteiger partial charge on any atom is -0.481 e. The van der Waals surface area contributed by atoms with Crippen LogP contribution in [0.25, 0.3) is 0 Å². The van der Waals surface area contributed by atoms with Crippen molar-refractivity contribution in [2.24, 2.45) is 0 Å². The Morgan fingerprint density at radius 3 is 2.46 bits per heavy atom. The lowest BCUT2D eigenvalue weighted by molar-refractivity contribution is -0.122. The number of nitrogens with one attached hydrogen (secondary N) is 1. The third-order valence-corrected chi connectivity index (χ3v) is 4.16. The van der Waals surface area contributed by atoms with Gasteiger partial charge in [-0.2, -0.15) is 0 Å². The number of benzene rings is 2. The van der Waals surface area contributed by atoms with Crippen LogP contribution in [0.2, 0.25) is 0 Å². The Labute approximate surface area is 144 Å². The Bertz CT molecular complexity index is 790. The molecule has 2 aromatic carbocycles. The van der Waals surface area contributed by atoms with E-state index in [2.05, 4.69) is 15.5 Å². The Hall–Kier alpha value is -2.73. The quantitative estimate of drug-likeness (QED) is 0.746. The van der Waals surface area contributed by atoms with Gasteiger partial charge in [-0.3, -0.25) is 10.1 Å². The van der Waals surface area contributed by atoms with E-state index in [0.717, 1.165) is 10.6 Å². The summed E-state index contributed by atoms with van der Waals surface area (Å²) in [7, 11) is 0. The maximum Gasteiger partial charge on any atom is 0.266 e. The highest BCUT2D eigenvalue weighted by molar-refractivity contribution is 7.15. The summed E-state index contributed by atoms with van der Waals surface area (Å²) in [5.41, 5.74) is 1.16. The zero-order chi connectivity index (χ0) is 16.8. The Morgan fingerprint density at radius 1 is 1.08 bits per heavy atom. The Morgan fingerprint density at radius 2 is 1.75 bits per heavy atom. The summed E-state index contributed by atoms with van der Waals surface area (Å²) < 4.78 is 5.60. The minimum atomic E-state index is -0.617. The molecule has 0 unspecified atom stereocenters. The summed E-state index contributed by atoms with van der Waals surface area (Å²) in [6.07, 6.45) is 0.0821. The van der Waals surface area contributed by atoms with E-state index >= 15 is 0 Å². The molecular formula is C18H17N3O2S. The number of hydrogen-bond acceptors (Lipinski definition) is 5. The van der Waals surface area contributed by atoms with Crippen LogP contribution in [0.15, 0.2) is 60.7 Å². The van der Waals surface area contributed by atoms with Gasteiger partial charge in [0.2, 0.25) is 5.13 Å². The zero-order valence-corrected chi connectivity index (χ0v) is 14.0. The number of para-hydroxylation sites is 1. The van der Waals surface area contributed by atoms with Gasteiger partial charge in [-0.25, -0.2) is 0 Å². The molecule has 1 aromatic heterocycles. The largest absolute Gasteiger partial charge is 0.481 e. The van der Waals surface area contributed by atoms with E-state index < -0.39 is 6.10 Å². The van der Waals surface area contributed by atoms with Crippen molar-refractivity contribution in [3.63, 3.8) is 0 Å². The van der Waals surface area contributed by atoms with Gasteiger partial charge in [0.05, 0.1) is 0 Å². The van der Waals surface area contributed by atoms with Crippen LogP contribution in [-0.4, -0.2) is 22.2 Å². The first kappa shape index (κ1) is 16.1. The van der Waals surface area contributed by atoms with Crippen LogP contribution in [0, 0.1) is 0 Å². The van der Waals surface area contributed by atoms with Crippen molar-refractivity contribution in [1.82, 2.24) is 10.2 Å². The van der Waals surface area contributed by atoms with Gasteiger partial charge in [-0.15, -0.1) is 10.2 Å². The van der Waals surface area contributed by atoms with Gasteiger partial charge in [0.15, 0.2) is 6.10 Å². The van der Waals surface area contributed by atoms with Crippen LogP contribution >= 0.6 is 11.3 Å². The molecule has 1 atom stereocenters. The zero-order valence-electron chi connectivity index (χ0n) is 13.2. The SMILES string of the molecule is C[C@@H](Oc1ccccc1)C(=O)Nc1nnc(Cc2ccccc2)s1. The Kier molecular flexibility index (Phi) is 5.18. The summed E-state index contributed by atoms with van der Waals surface area (Å²) in [4.78, 5) is 12.2. The molecule has 0 saturated heterocycles. The van der Waals surface area contributed by atoms with Gasteiger partial charge < -0.3 is 4.74 Å². The van der Waals surface area contributed by atoms with Crippen LogP contribution in [0.1, 0.15) is 17.5 Å². The van der Waals surface area contributed by atoms with Crippen LogP contribution in [-0.2, 0) is 11.2 Å². The molecule has 3 aromatic rings. The van der Waals surface area contributed by atoms with Gasteiger partial charge in [-0.05, 0) is 24.6 Å². The summed E-state index contributed by atoms with van der Waals surface area (Å²) in [6, 6.07) is 19.3. The average Bonchev–Trinajstić information content (AvgIpc) is 3.03. The van der Waals surface area contributed by atoms with E-state index in [-0.39, 0.29) is 5.91 Å². The molecule has 0 aliphatic heterocycles. The molecule has 3 rings (SSSR count). The number of ether oxygens (including phenoxy) is 1. The van der Waals surface area contributed by atoms with E-state index in [4.69, 9.17) is 4.74 Å². The first-order chi connectivity index (χ1) is 11.7. The van der Waals surface area contributed by atoms with Gasteiger partial charge in [0.1, 0.15) is 10.8 Å². The molecular weight excluding hydrogens is 322 g/mol. The molecule has 0 spiro atoms. The van der Waals surface area contributed by atoms with Gasteiger partial charge >= 0.3 is 0 Å². The molecule has 5 nitrogen and oxygen atoms in total. The number of aromatic nitrogens is 2. The van der Waals surface area contributed by atoms with Crippen molar-refractivity contribution >= 4 is 22.4 Å². The number of amides is 1. The topological polar surface area (TPSA) is 64.1 Å². The summed E-state index contributed by atoms with van der Waals surface area (Å²) in [5.74, 6) is 0.406. The molecule has 0 aliphatic rings. The molecule has 24 heavy (non-hydrogen) atoms. The van der Waals surface area contributed by atoms with Crippen molar-refractivity contribution < 1.29 is 9.53 Å². The number of carbonyl (C=O) groups is 1. The lowest BCUT2D eigenvalue weighted by atomic mass is 10.2. The molecule has 0 aliphatic carbocycles. The third-order valence-electron chi connectivity index (χ3n) is 3.32. The second-order valence-corrected chi connectivity index (χ2v) is 6.29. The first-order valence-electron chi connectivity index (χ1n) is 7.59. The summed E-state index contributed by atoms with van der Waals surface area (Å²) in [5, 5.41) is 12.2. The van der Waals surface area contributed by atoms with E-state index in [0.29, 0.717) is 17.3 Å². The summed E-state index contributed by atoms with van der Waals surface area (Å²) >= 11 is 1.37. The predicted octanol–water partition coefficient (Wildman–Crippen LogP) is 3.53. The molecule has 0 radical (unpaired) electrons. The number of nitrogens with zero attached hydrogens (tertiary/aromatic N) is 2. The normalized spacial score (nSPS) is 11.7. The van der Waals surface area contributed by atoms with Crippen molar-refractivity contribution in [3.8, 4) is 5.75 Å². The maximum atomic E-state index is 12.2. The number of carbonyl (C=O) groups excluding carboxylic acids is 1. The molecule has 1 amide bonds. The van der Waals surface area contributed by atoms with Gasteiger partial charge in [-0.1, -0.05) is 59.9 Å². The second kappa shape index (κ2) is 7.70. The second-order valence-electron chi connectivity index (χ2n) is 5.23. The number of rotatable bonds is 6. The Balaban J connectivity index is 1.57. The van der Waals surface area contributed by atoms with E-state index in [1.165, 1.54) is 11.3 Å². The molecule has 6 heteroatoms. The van der Waals surface area contributed by atoms with Gasteiger partial charge in [0.25, 0.3) is 5.91 Å². The first-order valence-corrected chi connectivity index (χ1v) is 8.41. The lowest BCUT2D eigenvalue weighted by Gasteiger charge is -2.13. The fourth-order valence-electron chi connectivity index (χ4n) is 2.11. The van der Waals surface area contributed by atoms with Crippen LogP contribution < -0.4 is 10.1 Å². The highest BCUT2D eigenvalue weighted by Gasteiger charge is 2.17. The van der Waals surface area contributed by atoms with Crippen LogP contribution in [0.3, 0.4) is 0 Å². The summed E-state index contributed by atoms with van der Waals surface area (Å²) in [6.45, 7) is 1.70. The van der Waals surface area contributed by atoms with Gasteiger partial charge in [0, 0.05) is 6.42 Å². The fourth-order valence-corrected chi connectivity index (χ4v) is 2.89. The van der Waals surface area contributed by atoms with Crippen molar-refractivity contribution in [2.75, 3.05) is 5.32 Å². The van der Waals surface area contributed by atoms with E-state index in [1.807, 2.05) is 60.7 Å². The predicted molar refractivity (Wildman–Crippen MR) is 94.3 cm³/mol. The highest BCUT2D eigenvalue weighted by atomic mass is 32.1. The molecule has 1 heterocycles. The number of hydrogen-bond donors (Lipinski definition) is 1.